The van der Waals surface area contributed by atoms with Gasteiger partial charge in [-0.05, 0) is 35.2 Å². The van der Waals surface area contributed by atoms with E-state index in [0.717, 1.165) is 18.7 Å². The lowest BCUT2D eigenvalue weighted by atomic mass is 10.1. The molecular weight excluding hydrogens is 248 g/mol. The van der Waals surface area contributed by atoms with Crippen molar-refractivity contribution in [1.82, 2.24) is 5.32 Å². The third-order valence-electron chi connectivity index (χ3n) is 3.97. The molecule has 104 valence electrons. The maximum absolute atomic E-state index is 6.19. The fourth-order valence-corrected chi connectivity index (χ4v) is 2.85. The van der Waals surface area contributed by atoms with Gasteiger partial charge in [-0.2, -0.15) is 0 Å². The minimum absolute atomic E-state index is 0.152. The third kappa shape index (κ3) is 2.55. The molecule has 1 aliphatic rings. The van der Waals surface area contributed by atoms with E-state index in [1.54, 1.807) is 7.11 Å². The second-order valence-electron chi connectivity index (χ2n) is 5.25. The van der Waals surface area contributed by atoms with Crippen molar-refractivity contribution in [3.8, 4) is 5.75 Å². The van der Waals surface area contributed by atoms with Crippen molar-refractivity contribution in [2.45, 2.75) is 25.0 Å². The van der Waals surface area contributed by atoms with Crippen LogP contribution in [0.5, 0.6) is 5.75 Å². The summed E-state index contributed by atoms with van der Waals surface area (Å²) < 4.78 is 5.17. The van der Waals surface area contributed by atoms with Crippen LogP contribution in [0.4, 0.5) is 0 Å². The molecule has 0 aliphatic heterocycles. The van der Waals surface area contributed by atoms with E-state index in [1.807, 2.05) is 12.1 Å². The van der Waals surface area contributed by atoms with Crippen molar-refractivity contribution in [2.24, 2.45) is 5.73 Å². The van der Waals surface area contributed by atoms with Crippen LogP contribution >= 0.6 is 0 Å². The summed E-state index contributed by atoms with van der Waals surface area (Å²) in [5.74, 6) is 0.891. The van der Waals surface area contributed by atoms with E-state index >= 15 is 0 Å². The summed E-state index contributed by atoms with van der Waals surface area (Å²) in [7, 11) is 1.68. The molecule has 0 bridgehead atoms. The molecule has 2 aromatic carbocycles. The van der Waals surface area contributed by atoms with Crippen molar-refractivity contribution in [2.75, 3.05) is 7.11 Å². The van der Waals surface area contributed by atoms with E-state index in [0.29, 0.717) is 6.04 Å². The first kappa shape index (κ1) is 13.2. The normalized spacial score (nSPS) is 20.7. The molecule has 3 N–H and O–H groups in total. The van der Waals surface area contributed by atoms with Crippen molar-refractivity contribution in [1.29, 1.82) is 0 Å². The van der Waals surface area contributed by atoms with E-state index in [-0.39, 0.29) is 6.04 Å². The number of nitrogens with two attached hydrogens (primary N) is 1. The minimum Gasteiger partial charge on any atom is -0.497 e. The lowest BCUT2D eigenvalue weighted by molar-refractivity contribution is 0.414. The predicted molar refractivity (Wildman–Crippen MR) is 80.6 cm³/mol. The second-order valence-corrected chi connectivity index (χ2v) is 5.25. The number of benzene rings is 2. The first-order valence-corrected chi connectivity index (χ1v) is 6.98. The van der Waals surface area contributed by atoms with Gasteiger partial charge in [-0.3, -0.25) is 0 Å². The Morgan fingerprint density at radius 3 is 2.50 bits per heavy atom. The molecule has 0 spiro atoms. The van der Waals surface area contributed by atoms with E-state index in [1.165, 1.54) is 16.7 Å². The Morgan fingerprint density at radius 1 is 1.10 bits per heavy atom. The second kappa shape index (κ2) is 5.65. The van der Waals surface area contributed by atoms with Crippen LogP contribution in [0.15, 0.2) is 48.5 Å². The average molecular weight is 268 g/mol. The van der Waals surface area contributed by atoms with Gasteiger partial charge in [0.15, 0.2) is 0 Å². The Labute approximate surface area is 119 Å². The topological polar surface area (TPSA) is 47.3 Å². The minimum atomic E-state index is 0.152. The fraction of sp³-hybridized carbons (Fsp3) is 0.294. The number of methoxy groups -OCH3 is 1. The number of fused-ring (bicyclic) bond motifs is 1. The van der Waals surface area contributed by atoms with Crippen LogP contribution in [0.3, 0.4) is 0 Å². The molecule has 0 fully saturated rings. The molecule has 0 amide bonds. The van der Waals surface area contributed by atoms with Crippen LogP contribution in [0, 0.1) is 0 Å². The zero-order valence-corrected chi connectivity index (χ0v) is 11.7. The maximum atomic E-state index is 6.19. The summed E-state index contributed by atoms with van der Waals surface area (Å²) in [6.07, 6.45) is 0.968. The van der Waals surface area contributed by atoms with Gasteiger partial charge in [-0.15, -0.1) is 0 Å². The van der Waals surface area contributed by atoms with Gasteiger partial charge in [0.2, 0.25) is 0 Å². The van der Waals surface area contributed by atoms with Crippen LogP contribution in [0.2, 0.25) is 0 Å². The van der Waals surface area contributed by atoms with Gasteiger partial charge in [0.05, 0.1) is 7.11 Å². The highest BCUT2D eigenvalue weighted by Gasteiger charge is 2.27. The monoisotopic (exact) mass is 268 g/mol. The lowest BCUT2D eigenvalue weighted by Gasteiger charge is -2.14. The fourth-order valence-electron chi connectivity index (χ4n) is 2.85. The van der Waals surface area contributed by atoms with Gasteiger partial charge in [0, 0.05) is 18.6 Å². The van der Waals surface area contributed by atoms with E-state index < -0.39 is 0 Å². The Balaban J connectivity index is 1.67. The van der Waals surface area contributed by atoms with E-state index in [4.69, 9.17) is 10.5 Å². The predicted octanol–water partition coefficient (Wildman–Crippen LogP) is 2.93. The summed E-state index contributed by atoms with van der Waals surface area (Å²) in [5, 5.41) is 3.60. The van der Waals surface area contributed by atoms with Crippen LogP contribution in [-0.4, -0.2) is 7.11 Å². The lowest BCUT2D eigenvalue weighted by Crippen LogP contribution is -2.19. The smallest absolute Gasteiger partial charge is 0.118 e. The Hall–Kier alpha value is -1.84. The summed E-state index contributed by atoms with van der Waals surface area (Å²) in [4.78, 5) is 0. The summed E-state index contributed by atoms with van der Waals surface area (Å²) in [6.45, 7) is 0.843. The van der Waals surface area contributed by atoms with Gasteiger partial charge < -0.3 is 15.8 Å². The number of ether oxygens (including phenoxy) is 1. The number of hydrogen-bond donors (Lipinski definition) is 2. The van der Waals surface area contributed by atoms with Gasteiger partial charge in [0.1, 0.15) is 5.75 Å². The summed E-state index contributed by atoms with van der Waals surface area (Å²) >= 11 is 0. The van der Waals surface area contributed by atoms with Crippen molar-refractivity contribution >= 4 is 0 Å². The quantitative estimate of drug-likeness (QED) is 0.896. The van der Waals surface area contributed by atoms with Crippen LogP contribution in [0.1, 0.15) is 35.2 Å². The molecule has 2 atom stereocenters. The van der Waals surface area contributed by atoms with Crippen LogP contribution < -0.4 is 15.8 Å². The highest BCUT2D eigenvalue weighted by atomic mass is 16.5. The molecule has 1 aliphatic carbocycles. The molecule has 3 heteroatoms. The van der Waals surface area contributed by atoms with Gasteiger partial charge >= 0.3 is 0 Å². The van der Waals surface area contributed by atoms with Crippen LogP contribution in [-0.2, 0) is 6.54 Å². The van der Waals surface area contributed by atoms with E-state index in [2.05, 4.69) is 41.7 Å². The van der Waals surface area contributed by atoms with Crippen molar-refractivity contribution < 1.29 is 4.74 Å². The highest BCUT2D eigenvalue weighted by Crippen LogP contribution is 2.37. The molecule has 0 saturated heterocycles. The van der Waals surface area contributed by atoms with Crippen molar-refractivity contribution in [3.63, 3.8) is 0 Å². The average Bonchev–Trinajstić information content (AvgIpc) is 2.83. The van der Waals surface area contributed by atoms with Crippen LogP contribution in [0.25, 0.3) is 0 Å². The molecule has 0 saturated carbocycles. The zero-order valence-electron chi connectivity index (χ0n) is 11.7. The standard InChI is InChI=1S/C17H20N2O/c1-20-13-8-6-12(7-9-13)11-19-17-10-16(18)14-4-2-3-5-15(14)17/h2-9,16-17,19H,10-11,18H2,1H3. The molecule has 3 nitrogen and oxygen atoms in total. The molecule has 2 aromatic rings. The molecule has 20 heavy (non-hydrogen) atoms. The Bertz CT molecular complexity index is 580. The number of nitrogens with one attached hydrogen (secondary N) is 1. The van der Waals surface area contributed by atoms with Gasteiger partial charge in [-0.1, -0.05) is 36.4 Å². The van der Waals surface area contributed by atoms with Gasteiger partial charge in [-0.25, -0.2) is 0 Å². The highest BCUT2D eigenvalue weighted by molar-refractivity contribution is 5.37. The third-order valence-corrected chi connectivity index (χ3v) is 3.97. The molecule has 0 aromatic heterocycles. The van der Waals surface area contributed by atoms with E-state index in [9.17, 15) is 0 Å². The summed E-state index contributed by atoms with van der Waals surface area (Å²) in [6, 6.07) is 17.1. The Kier molecular flexibility index (Phi) is 3.72. The number of rotatable bonds is 4. The van der Waals surface area contributed by atoms with Gasteiger partial charge in [0.25, 0.3) is 0 Å². The largest absolute Gasteiger partial charge is 0.497 e. The molecule has 2 unspecified atom stereocenters. The molecule has 0 heterocycles. The number of hydrogen-bond acceptors (Lipinski definition) is 3. The first-order valence-electron chi connectivity index (χ1n) is 6.98. The molecule has 0 radical (unpaired) electrons. The molecular formula is C17H20N2O. The SMILES string of the molecule is COc1ccc(CNC2CC(N)c3ccccc32)cc1. The molecule has 3 rings (SSSR count). The maximum Gasteiger partial charge on any atom is 0.118 e. The Morgan fingerprint density at radius 2 is 1.80 bits per heavy atom. The first-order chi connectivity index (χ1) is 9.78. The summed E-state index contributed by atoms with van der Waals surface area (Å²) in [5.41, 5.74) is 10.1. The van der Waals surface area contributed by atoms with Crippen molar-refractivity contribution in [3.05, 3.63) is 65.2 Å². The zero-order chi connectivity index (χ0) is 13.9.